The number of nitrogens with zero attached hydrogens (tertiary/aromatic N) is 1. The lowest BCUT2D eigenvalue weighted by Gasteiger charge is -2.36. The summed E-state index contributed by atoms with van der Waals surface area (Å²) < 4.78 is 2.36. The molecule has 0 saturated carbocycles. The first-order valence-corrected chi connectivity index (χ1v) is 18.3. The maximum absolute atomic E-state index is 4.72. The molecule has 0 N–H and O–H groups in total. The second kappa shape index (κ2) is 12.8. The van der Waals surface area contributed by atoms with E-state index in [-0.39, 0.29) is 16.2 Å². The van der Waals surface area contributed by atoms with Crippen LogP contribution in [-0.4, -0.2) is 0 Å². The fourth-order valence-corrected chi connectivity index (χ4v) is 8.05. The zero-order valence-corrected chi connectivity index (χ0v) is 31.0. The summed E-state index contributed by atoms with van der Waals surface area (Å²) in [5.74, 6) is 0.736. The van der Waals surface area contributed by atoms with Crippen molar-refractivity contribution in [1.82, 2.24) is 0 Å². The van der Waals surface area contributed by atoms with Crippen LogP contribution in [0.5, 0.6) is 0 Å². The third-order valence-corrected chi connectivity index (χ3v) is 11.2. The number of unbranched alkanes of at least 4 members (excludes halogenated alkanes) is 1. The van der Waals surface area contributed by atoms with Gasteiger partial charge in [0.1, 0.15) is 0 Å². The fourth-order valence-electron chi connectivity index (χ4n) is 8.05. The predicted molar refractivity (Wildman–Crippen MR) is 207 cm³/mol. The van der Waals surface area contributed by atoms with Crippen LogP contribution in [0.4, 0.5) is 0 Å². The van der Waals surface area contributed by atoms with Crippen LogP contribution in [0, 0.1) is 11.3 Å². The van der Waals surface area contributed by atoms with Crippen LogP contribution in [0.25, 0.3) is 39.2 Å². The predicted octanol–water partition coefficient (Wildman–Crippen LogP) is 12.9. The summed E-state index contributed by atoms with van der Waals surface area (Å²) in [4.78, 5) is 0. The number of aromatic nitrogens is 1. The molecule has 0 spiro atoms. The van der Waals surface area contributed by atoms with Crippen molar-refractivity contribution in [1.29, 1.82) is 0 Å². The first kappa shape index (κ1) is 33.9. The highest BCUT2D eigenvalue weighted by Crippen LogP contribution is 2.49. The standard InChI is InChI=1S/C47H56N/c1-11-13-25-47(12-2)33(4)48-26-15-14-16-44(48)42-31-35(19-24-43(42)47)37-28-36(34-17-20-39(21-18-34)45(5,6)7)29-38(30-37)41-23-22-40(27-32(41)3)46(8,9)10/h14-24,26-32,41H,4,11-13,25H2,1-3,5-10H3/q+1. The topological polar surface area (TPSA) is 3.88 Å². The molecule has 3 unspecified atom stereocenters. The summed E-state index contributed by atoms with van der Waals surface area (Å²) in [5.41, 5.74) is 14.7. The summed E-state index contributed by atoms with van der Waals surface area (Å²) in [6, 6.07) is 30.4. The van der Waals surface area contributed by atoms with E-state index in [9.17, 15) is 0 Å². The Morgan fingerprint density at radius 2 is 1.46 bits per heavy atom. The van der Waals surface area contributed by atoms with Crippen molar-refractivity contribution in [3.05, 3.63) is 132 Å². The van der Waals surface area contributed by atoms with Gasteiger partial charge in [0.25, 0.3) is 0 Å². The Balaban J connectivity index is 1.52. The van der Waals surface area contributed by atoms with Crippen molar-refractivity contribution in [2.75, 3.05) is 0 Å². The quantitative estimate of drug-likeness (QED) is 0.178. The summed E-state index contributed by atoms with van der Waals surface area (Å²) in [6.45, 7) is 25.5. The summed E-state index contributed by atoms with van der Waals surface area (Å²) in [6.07, 6.45) is 14.1. The van der Waals surface area contributed by atoms with Gasteiger partial charge in [0, 0.05) is 18.1 Å². The minimum Gasteiger partial charge on any atom is -0.164 e. The van der Waals surface area contributed by atoms with Crippen molar-refractivity contribution in [3.8, 4) is 33.5 Å². The number of benzene rings is 3. The van der Waals surface area contributed by atoms with E-state index in [1.807, 2.05) is 0 Å². The molecule has 0 saturated heterocycles. The Morgan fingerprint density at radius 3 is 2.08 bits per heavy atom. The second-order valence-electron chi connectivity index (χ2n) is 16.5. The minimum atomic E-state index is -0.0654. The smallest absolute Gasteiger partial charge is 0.164 e. The molecule has 248 valence electrons. The Kier molecular flexibility index (Phi) is 9.05. The van der Waals surface area contributed by atoms with Gasteiger partial charge in [0.2, 0.25) is 5.69 Å². The van der Waals surface area contributed by atoms with E-state index in [1.54, 1.807) is 0 Å². The van der Waals surface area contributed by atoms with Gasteiger partial charge in [-0.05, 0) is 98.9 Å². The average Bonchev–Trinajstić information content (AvgIpc) is 3.07. The maximum atomic E-state index is 4.72. The fraction of sp³-hybridized carbons (Fsp3) is 0.383. The largest absolute Gasteiger partial charge is 0.218 e. The average molecular weight is 635 g/mol. The molecule has 1 aliphatic carbocycles. The molecule has 0 fully saturated rings. The van der Waals surface area contributed by atoms with Gasteiger partial charge in [-0.3, -0.25) is 0 Å². The highest BCUT2D eigenvalue weighted by Gasteiger charge is 2.46. The van der Waals surface area contributed by atoms with Crippen molar-refractivity contribution < 1.29 is 4.57 Å². The van der Waals surface area contributed by atoms with Gasteiger partial charge in [0.15, 0.2) is 11.9 Å². The molecule has 6 rings (SSSR count). The van der Waals surface area contributed by atoms with E-state index >= 15 is 0 Å². The lowest BCUT2D eigenvalue weighted by atomic mass is 9.67. The molecule has 1 heteroatoms. The van der Waals surface area contributed by atoms with Crippen LogP contribution in [-0.2, 0) is 10.8 Å². The number of hydrogen-bond acceptors (Lipinski definition) is 0. The van der Waals surface area contributed by atoms with Gasteiger partial charge in [-0.2, -0.15) is 4.57 Å². The monoisotopic (exact) mass is 634 g/mol. The Morgan fingerprint density at radius 1 is 0.771 bits per heavy atom. The number of fused-ring (bicyclic) bond motifs is 3. The Hall–Kier alpha value is -3.97. The minimum absolute atomic E-state index is 0.0654. The molecule has 1 aliphatic heterocycles. The third-order valence-electron chi connectivity index (χ3n) is 11.2. The molecule has 0 radical (unpaired) electrons. The van der Waals surface area contributed by atoms with Crippen molar-refractivity contribution in [2.45, 2.75) is 105 Å². The normalized spacial score (nSPS) is 20.7. The molecule has 3 atom stereocenters. The van der Waals surface area contributed by atoms with Crippen molar-refractivity contribution >= 4 is 5.70 Å². The SMILES string of the molecule is C=C1[n+]2ccccc2-c2cc(-c3cc(-c4ccc(C(C)(C)C)cc4)cc(C4C=CC(C(C)(C)C)=CC4C)c3)ccc2C1(CC)CCCC. The highest BCUT2D eigenvalue weighted by atomic mass is 15.0. The molecule has 2 aliphatic rings. The molecular weight excluding hydrogens is 579 g/mol. The highest BCUT2D eigenvalue weighted by molar-refractivity contribution is 5.81. The number of rotatable bonds is 7. The van der Waals surface area contributed by atoms with E-state index in [2.05, 4.69) is 170 Å². The van der Waals surface area contributed by atoms with Crippen molar-refractivity contribution in [2.24, 2.45) is 11.3 Å². The van der Waals surface area contributed by atoms with Crippen LogP contribution in [0.15, 0.2) is 115 Å². The van der Waals surface area contributed by atoms with Gasteiger partial charge in [-0.25, -0.2) is 0 Å². The second-order valence-corrected chi connectivity index (χ2v) is 16.5. The Bertz CT molecular complexity index is 1880. The summed E-state index contributed by atoms with van der Waals surface area (Å²) in [5, 5.41) is 0. The van der Waals surface area contributed by atoms with E-state index in [0.29, 0.717) is 11.8 Å². The maximum Gasteiger partial charge on any atom is 0.218 e. The summed E-state index contributed by atoms with van der Waals surface area (Å²) in [7, 11) is 0. The van der Waals surface area contributed by atoms with E-state index in [0.717, 1.165) is 12.8 Å². The zero-order valence-electron chi connectivity index (χ0n) is 31.0. The first-order valence-electron chi connectivity index (χ1n) is 18.3. The number of pyridine rings is 1. The first-order chi connectivity index (χ1) is 22.8. The molecule has 1 aromatic heterocycles. The van der Waals surface area contributed by atoms with Crippen LogP contribution in [0.3, 0.4) is 0 Å². The van der Waals surface area contributed by atoms with Crippen LogP contribution < -0.4 is 4.57 Å². The Labute approximate surface area is 291 Å². The van der Waals surface area contributed by atoms with E-state index in [4.69, 9.17) is 6.58 Å². The number of hydrogen-bond donors (Lipinski definition) is 0. The molecule has 48 heavy (non-hydrogen) atoms. The summed E-state index contributed by atoms with van der Waals surface area (Å²) >= 11 is 0. The molecule has 1 nitrogen and oxygen atoms in total. The van der Waals surface area contributed by atoms with Crippen LogP contribution >= 0.6 is 0 Å². The number of allylic oxidation sites excluding steroid dienone is 5. The lowest BCUT2D eigenvalue weighted by molar-refractivity contribution is -0.577. The van der Waals surface area contributed by atoms with Gasteiger partial charge in [-0.15, -0.1) is 0 Å². The molecular formula is C47H56N+. The van der Waals surface area contributed by atoms with Gasteiger partial charge in [0.05, 0.1) is 11.0 Å². The van der Waals surface area contributed by atoms with Crippen molar-refractivity contribution in [3.63, 3.8) is 0 Å². The van der Waals surface area contributed by atoms with Gasteiger partial charge >= 0.3 is 0 Å². The van der Waals surface area contributed by atoms with Crippen LogP contribution in [0.2, 0.25) is 0 Å². The molecule has 2 heterocycles. The van der Waals surface area contributed by atoms with Crippen LogP contribution in [0.1, 0.15) is 111 Å². The van der Waals surface area contributed by atoms with E-state index < -0.39 is 0 Å². The third kappa shape index (κ3) is 6.18. The zero-order chi connectivity index (χ0) is 34.4. The van der Waals surface area contributed by atoms with Gasteiger partial charge in [-0.1, -0.05) is 142 Å². The van der Waals surface area contributed by atoms with E-state index in [1.165, 1.54) is 74.3 Å². The molecule has 0 bridgehead atoms. The van der Waals surface area contributed by atoms with Gasteiger partial charge < -0.3 is 0 Å². The molecule has 0 amide bonds. The lowest BCUT2D eigenvalue weighted by Crippen LogP contribution is -2.48. The molecule has 4 aromatic rings. The molecule has 3 aromatic carbocycles.